The minimum atomic E-state index is -0.524. The van der Waals surface area contributed by atoms with Crippen molar-refractivity contribution in [1.29, 1.82) is 0 Å². The topological polar surface area (TPSA) is 74.2 Å². The van der Waals surface area contributed by atoms with E-state index in [1.807, 2.05) is 24.3 Å². The van der Waals surface area contributed by atoms with Crippen molar-refractivity contribution < 1.29 is 14.3 Å². The molecule has 0 fully saturated rings. The third-order valence-corrected chi connectivity index (χ3v) is 3.12. The van der Waals surface area contributed by atoms with Gasteiger partial charge in [-0.3, -0.25) is 4.98 Å². The van der Waals surface area contributed by atoms with Crippen molar-refractivity contribution in [3.05, 3.63) is 66.5 Å². The second-order valence-corrected chi connectivity index (χ2v) is 4.62. The molecule has 0 unspecified atom stereocenters. The zero-order chi connectivity index (χ0) is 16.1. The number of carbonyl (C=O) groups is 1. The molecule has 0 aliphatic rings. The molecule has 0 aliphatic heterocycles. The number of methoxy groups -OCH3 is 1. The molecule has 1 aromatic carbocycles. The molecule has 0 atom stereocenters. The Kier molecular flexibility index (Phi) is 4.24. The van der Waals surface area contributed by atoms with Gasteiger partial charge in [0.2, 0.25) is 5.88 Å². The van der Waals surface area contributed by atoms with Gasteiger partial charge in [0.05, 0.1) is 18.4 Å². The number of hydrogen-bond acceptors (Lipinski definition) is 6. The van der Waals surface area contributed by atoms with Crippen LogP contribution in [0.3, 0.4) is 0 Å². The summed E-state index contributed by atoms with van der Waals surface area (Å²) in [5.41, 5.74) is 1.92. The molecular weight excluding hydrogens is 294 g/mol. The molecule has 0 aliphatic carbocycles. The maximum absolute atomic E-state index is 11.9. The molecule has 2 aromatic heterocycles. The van der Waals surface area contributed by atoms with Gasteiger partial charge in [0.25, 0.3) is 0 Å². The van der Waals surface area contributed by atoms with E-state index in [0.717, 1.165) is 11.3 Å². The molecule has 114 valence electrons. The first-order chi connectivity index (χ1) is 11.3. The normalized spacial score (nSPS) is 10.1. The molecule has 0 amide bonds. The molecule has 0 saturated heterocycles. The van der Waals surface area contributed by atoms with Crippen LogP contribution in [0, 0.1) is 0 Å². The SMILES string of the molecule is COc1ccc(-c2ccc(OC(=O)c3cccnc3)nn2)cc1. The zero-order valence-corrected chi connectivity index (χ0v) is 12.3. The number of nitrogens with zero attached hydrogens (tertiary/aromatic N) is 3. The fraction of sp³-hybridized carbons (Fsp3) is 0.0588. The molecule has 0 bridgehead atoms. The molecule has 0 N–H and O–H groups in total. The van der Waals surface area contributed by atoms with E-state index in [2.05, 4.69) is 15.2 Å². The molecule has 0 saturated carbocycles. The number of aromatic nitrogens is 3. The van der Waals surface area contributed by atoms with Crippen molar-refractivity contribution in [2.75, 3.05) is 7.11 Å². The van der Waals surface area contributed by atoms with Gasteiger partial charge in [-0.1, -0.05) is 0 Å². The number of benzene rings is 1. The first-order valence-electron chi connectivity index (χ1n) is 6.86. The van der Waals surface area contributed by atoms with Crippen molar-refractivity contribution in [2.45, 2.75) is 0 Å². The zero-order valence-electron chi connectivity index (χ0n) is 12.3. The highest BCUT2D eigenvalue weighted by atomic mass is 16.5. The van der Waals surface area contributed by atoms with Crippen LogP contribution in [0.4, 0.5) is 0 Å². The van der Waals surface area contributed by atoms with E-state index in [0.29, 0.717) is 11.3 Å². The maximum atomic E-state index is 11.9. The van der Waals surface area contributed by atoms with Crippen molar-refractivity contribution in [3.8, 4) is 22.9 Å². The second kappa shape index (κ2) is 6.65. The monoisotopic (exact) mass is 307 g/mol. The lowest BCUT2D eigenvalue weighted by atomic mass is 10.1. The Morgan fingerprint density at radius 2 is 1.83 bits per heavy atom. The highest BCUT2D eigenvalue weighted by Crippen LogP contribution is 2.21. The van der Waals surface area contributed by atoms with Crippen LogP contribution >= 0.6 is 0 Å². The molecule has 3 rings (SSSR count). The van der Waals surface area contributed by atoms with Gasteiger partial charge in [-0.05, 0) is 42.5 Å². The number of carbonyl (C=O) groups excluding carboxylic acids is 1. The number of pyridine rings is 1. The highest BCUT2D eigenvalue weighted by Gasteiger charge is 2.10. The van der Waals surface area contributed by atoms with E-state index in [4.69, 9.17) is 9.47 Å². The van der Waals surface area contributed by atoms with Crippen LogP contribution in [-0.2, 0) is 0 Å². The average Bonchev–Trinajstić information content (AvgIpc) is 2.63. The fourth-order valence-corrected chi connectivity index (χ4v) is 1.93. The first-order valence-corrected chi connectivity index (χ1v) is 6.86. The molecule has 3 aromatic rings. The van der Waals surface area contributed by atoms with Crippen LogP contribution in [0.5, 0.6) is 11.6 Å². The Bertz CT molecular complexity index is 788. The van der Waals surface area contributed by atoms with Crippen LogP contribution in [-0.4, -0.2) is 28.3 Å². The fourth-order valence-electron chi connectivity index (χ4n) is 1.93. The Hall–Kier alpha value is -3.28. The molecule has 23 heavy (non-hydrogen) atoms. The van der Waals surface area contributed by atoms with Crippen molar-refractivity contribution >= 4 is 5.97 Å². The summed E-state index contributed by atoms with van der Waals surface area (Å²) in [5.74, 6) is 0.379. The minimum Gasteiger partial charge on any atom is -0.497 e. The predicted molar refractivity (Wildman–Crippen MR) is 83.2 cm³/mol. The quantitative estimate of drug-likeness (QED) is 0.690. The second-order valence-electron chi connectivity index (χ2n) is 4.62. The van der Waals surface area contributed by atoms with E-state index >= 15 is 0 Å². The third kappa shape index (κ3) is 3.49. The predicted octanol–water partition coefficient (Wildman–Crippen LogP) is 2.77. The molecular formula is C17H13N3O3. The van der Waals surface area contributed by atoms with Gasteiger partial charge >= 0.3 is 5.97 Å². The van der Waals surface area contributed by atoms with Crippen molar-refractivity contribution in [2.24, 2.45) is 0 Å². The number of esters is 1. The van der Waals surface area contributed by atoms with Crippen LogP contribution in [0.15, 0.2) is 60.9 Å². The summed E-state index contributed by atoms with van der Waals surface area (Å²) in [5, 5.41) is 7.99. The molecule has 6 heteroatoms. The standard InChI is InChI=1S/C17H13N3O3/c1-22-14-6-4-12(5-7-14)15-8-9-16(20-19-15)23-17(21)13-3-2-10-18-11-13/h2-11H,1H3. The van der Waals surface area contributed by atoms with E-state index in [1.165, 1.54) is 6.20 Å². The molecule has 0 spiro atoms. The van der Waals surface area contributed by atoms with E-state index in [-0.39, 0.29) is 5.88 Å². The van der Waals surface area contributed by atoms with Crippen molar-refractivity contribution in [1.82, 2.24) is 15.2 Å². The van der Waals surface area contributed by atoms with E-state index in [9.17, 15) is 4.79 Å². The summed E-state index contributed by atoms with van der Waals surface area (Å²) in [6.07, 6.45) is 3.02. The minimum absolute atomic E-state index is 0.135. The number of ether oxygens (including phenoxy) is 2. The lowest BCUT2D eigenvalue weighted by Crippen LogP contribution is -2.10. The Morgan fingerprint density at radius 1 is 1.00 bits per heavy atom. The summed E-state index contributed by atoms with van der Waals surface area (Å²) in [4.78, 5) is 15.8. The van der Waals surface area contributed by atoms with Crippen LogP contribution in [0.25, 0.3) is 11.3 Å². The summed E-state index contributed by atoms with van der Waals surface area (Å²) < 4.78 is 10.3. The highest BCUT2D eigenvalue weighted by molar-refractivity contribution is 5.90. The van der Waals surface area contributed by atoms with Gasteiger partial charge in [0.1, 0.15) is 5.75 Å². The molecule has 0 radical (unpaired) electrons. The van der Waals surface area contributed by atoms with Crippen LogP contribution in [0.1, 0.15) is 10.4 Å². The summed E-state index contributed by atoms with van der Waals surface area (Å²) >= 11 is 0. The lowest BCUT2D eigenvalue weighted by Gasteiger charge is -2.04. The Morgan fingerprint density at radius 3 is 2.43 bits per heavy atom. The Labute approximate surface area is 132 Å². The van der Waals surface area contributed by atoms with Crippen LogP contribution in [0.2, 0.25) is 0 Å². The number of rotatable bonds is 4. The van der Waals surface area contributed by atoms with Gasteiger partial charge in [0.15, 0.2) is 0 Å². The molecule has 2 heterocycles. The summed E-state index contributed by atoms with van der Waals surface area (Å²) in [6, 6.07) is 14.1. The largest absolute Gasteiger partial charge is 0.497 e. The van der Waals surface area contributed by atoms with Gasteiger partial charge in [0, 0.05) is 24.0 Å². The van der Waals surface area contributed by atoms with Gasteiger partial charge in [-0.2, -0.15) is 0 Å². The van der Waals surface area contributed by atoms with Crippen molar-refractivity contribution in [3.63, 3.8) is 0 Å². The maximum Gasteiger partial charge on any atom is 0.346 e. The van der Waals surface area contributed by atoms with E-state index < -0.39 is 5.97 Å². The first kappa shape index (κ1) is 14.6. The molecule has 6 nitrogen and oxygen atoms in total. The lowest BCUT2D eigenvalue weighted by molar-refractivity contribution is 0.0725. The van der Waals surface area contributed by atoms with Gasteiger partial charge in [-0.25, -0.2) is 4.79 Å². The summed E-state index contributed by atoms with van der Waals surface area (Å²) in [6.45, 7) is 0. The van der Waals surface area contributed by atoms with Gasteiger partial charge in [-0.15, -0.1) is 10.2 Å². The average molecular weight is 307 g/mol. The van der Waals surface area contributed by atoms with E-state index in [1.54, 1.807) is 37.6 Å². The van der Waals surface area contributed by atoms with Crippen LogP contribution < -0.4 is 9.47 Å². The Balaban J connectivity index is 1.73. The third-order valence-electron chi connectivity index (χ3n) is 3.12. The number of hydrogen-bond donors (Lipinski definition) is 0. The smallest absolute Gasteiger partial charge is 0.346 e. The summed E-state index contributed by atoms with van der Waals surface area (Å²) in [7, 11) is 1.61. The van der Waals surface area contributed by atoms with Gasteiger partial charge < -0.3 is 9.47 Å².